The van der Waals surface area contributed by atoms with Crippen LogP contribution in [0, 0.1) is 0 Å². The largest absolute Gasteiger partial charge is 0.493 e. The van der Waals surface area contributed by atoms with E-state index in [4.69, 9.17) is 25.8 Å². The first-order valence-electron chi connectivity index (χ1n) is 13.4. The highest BCUT2D eigenvalue weighted by Gasteiger charge is 2.43. The van der Waals surface area contributed by atoms with Gasteiger partial charge in [-0.05, 0) is 47.9 Å². The Morgan fingerprint density at radius 2 is 1.71 bits per heavy atom. The fraction of sp³-hybridized carbons (Fsp3) is 0.176. The SMILES string of the molecule is CCOC(=O)C1=C(C)NC2=C(C(=O)c3ccccc32)[C@H]1c1cc(Cl)c(OCc2cccc3ccccc23)c(OC)c1. The number of hydrogen-bond donors (Lipinski definition) is 1. The lowest BCUT2D eigenvalue weighted by molar-refractivity contribution is -0.138. The van der Waals surface area contributed by atoms with E-state index < -0.39 is 11.9 Å². The number of carbonyl (C=O) groups excluding carboxylic acids is 2. The van der Waals surface area contributed by atoms with Gasteiger partial charge in [0.25, 0.3) is 0 Å². The van der Waals surface area contributed by atoms with E-state index in [1.165, 1.54) is 7.11 Å². The maximum Gasteiger partial charge on any atom is 0.336 e. The molecule has 4 aromatic rings. The monoisotopic (exact) mass is 565 g/mol. The number of halogens is 1. The molecular formula is C34H28ClNO5. The van der Waals surface area contributed by atoms with Crippen LogP contribution < -0.4 is 14.8 Å². The van der Waals surface area contributed by atoms with Crippen LogP contribution in [-0.4, -0.2) is 25.5 Å². The molecule has 1 heterocycles. The minimum absolute atomic E-state index is 0.145. The van der Waals surface area contributed by atoms with E-state index in [1.807, 2.05) is 49.4 Å². The third kappa shape index (κ3) is 4.54. The summed E-state index contributed by atoms with van der Waals surface area (Å²) in [6.07, 6.45) is 0. The van der Waals surface area contributed by atoms with Gasteiger partial charge in [-0.1, -0.05) is 78.3 Å². The van der Waals surface area contributed by atoms with E-state index in [1.54, 1.807) is 25.1 Å². The summed E-state index contributed by atoms with van der Waals surface area (Å²) in [4.78, 5) is 27.0. The summed E-state index contributed by atoms with van der Waals surface area (Å²) in [5.41, 5.74) is 5.15. The van der Waals surface area contributed by atoms with Crippen LogP contribution in [0.5, 0.6) is 11.5 Å². The van der Waals surface area contributed by atoms with Crippen molar-refractivity contribution in [3.63, 3.8) is 0 Å². The molecule has 0 radical (unpaired) electrons. The molecule has 1 atom stereocenters. The van der Waals surface area contributed by atoms with Crippen molar-refractivity contribution >= 4 is 39.8 Å². The van der Waals surface area contributed by atoms with Crippen LogP contribution in [0.1, 0.15) is 46.8 Å². The normalized spacial score (nSPS) is 15.9. The second-order valence-corrected chi connectivity index (χ2v) is 10.3. The number of fused-ring (bicyclic) bond motifs is 3. The lowest BCUT2D eigenvalue weighted by Crippen LogP contribution is -2.29. The minimum atomic E-state index is -0.719. The molecule has 0 aromatic heterocycles. The Morgan fingerprint density at radius 1 is 0.976 bits per heavy atom. The van der Waals surface area contributed by atoms with E-state index in [9.17, 15) is 9.59 Å². The van der Waals surface area contributed by atoms with Crippen LogP contribution in [0.2, 0.25) is 5.02 Å². The summed E-state index contributed by atoms with van der Waals surface area (Å²) in [7, 11) is 1.54. The van der Waals surface area contributed by atoms with Crippen molar-refractivity contribution in [3.05, 3.63) is 123 Å². The fourth-order valence-corrected chi connectivity index (χ4v) is 6.03. The number of Topliss-reactive ketones (excluding diaryl/α,β-unsaturated/α-hetero) is 1. The van der Waals surface area contributed by atoms with E-state index in [2.05, 4.69) is 23.5 Å². The van der Waals surface area contributed by atoms with Gasteiger partial charge in [-0.3, -0.25) is 4.79 Å². The van der Waals surface area contributed by atoms with Crippen LogP contribution in [0.15, 0.2) is 95.7 Å². The van der Waals surface area contributed by atoms with Gasteiger partial charge in [0.1, 0.15) is 6.61 Å². The maximum atomic E-state index is 13.8. The zero-order chi connectivity index (χ0) is 28.7. The van der Waals surface area contributed by atoms with Crippen molar-refractivity contribution < 1.29 is 23.8 Å². The molecule has 0 saturated carbocycles. The van der Waals surface area contributed by atoms with Crippen molar-refractivity contribution in [1.82, 2.24) is 5.32 Å². The summed E-state index contributed by atoms with van der Waals surface area (Å²) in [5, 5.41) is 5.83. The van der Waals surface area contributed by atoms with Crippen molar-refractivity contribution in [2.45, 2.75) is 26.4 Å². The molecule has 0 spiro atoms. The van der Waals surface area contributed by atoms with Gasteiger partial charge < -0.3 is 19.5 Å². The third-order valence-electron chi connectivity index (χ3n) is 7.58. The van der Waals surface area contributed by atoms with Gasteiger partial charge in [-0.25, -0.2) is 4.79 Å². The standard InChI is InChI=1S/C34H28ClNO5/c1-4-40-34(38)28-19(2)36-31-24-14-7-8-15-25(24)32(37)30(31)29(28)22-16-26(35)33(27(17-22)39-3)41-18-21-12-9-11-20-10-5-6-13-23(20)21/h5-17,29,36H,4,18H2,1-3H3/t29-/m0/s1. The molecule has 41 heavy (non-hydrogen) atoms. The lowest BCUT2D eigenvalue weighted by atomic mass is 9.79. The molecule has 0 saturated heterocycles. The highest BCUT2D eigenvalue weighted by atomic mass is 35.5. The average molecular weight is 566 g/mol. The molecule has 206 valence electrons. The first-order chi connectivity index (χ1) is 19.9. The minimum Gasteiger partial charge on any atom is -0.493 e. The number of rotatable bonds is 7. The summed E-state index contributed by atoms with van der Waals surface area (Å²) in [6.45, 7) is 4.05. The smallest absolute Gasteiger partial charge is 0.336 e. The van der Waals surface area contributed by atoms with Crippen LogP contribution >= 0.6 is 11.6 Å². The number of nitrogens with one attached hydrogen (secondary N) is 1. The number of ether oxygens (including phenoxy) is 3. The summed E-state index contributed by atoms with van der Waals surface area (Å²) in [6, 6.07) is 25.1. The van der Waals surface area contributed by atoms with E-state index >= 15 is 0 Å². The predicted octanol–water partition coefficient (Wildman–Crippen LogP) is 7.21. The molecule has 4 aromatic carbocycles. The molecule has 2 aliphatic rings. The highest BCUT2D eigenvalue weighted by Crippen LogP contribution is 2.49. The third-order valence-corrected chi connectivity index (χ3v) is 7.86. The topological polar surface area (TPSA) is 73.9 Å². The van der Waals surface area contributed by atoms with Crippen molar-refractivity contribution in [3.8, 4) is 11.5 Å². The number of carbonyl (C=O) groups is 2. The number of benzene rings is 4. The Labute approximate surface area is 243 Å². The van der Waals surface area contributed by atoms with Gasteiger partial charge in [0.15, 0.2) is 17.3 Å². The van der Waals surface area contributed by atoms with Gasteiger partial charge in [0.2, 0.25) is 0 Å². The Hall–Kier alpha value is -4.55. The second-order valence-electron chi connectivity index (χ2n) is 9.94. The number of ketones is 1. The molecular weight excluding hydrogens is 538 g/mol. The molecule has 6 rings (SSSR count). The Kier molecular flexibility index (Phi) is 7.01. The van der Waals surface area contributed by atoms with Gasteiger partial charge in [0, 0.05) is 28.3 Å². The van der Waals surface area contributed by atoms with Gasteiger partial charge in [-0.15, -0.1) is 0 Å². The zero-order valence-corrected chi connectivity index (χ0v) is 23.7. The molecule has 0 unspecified atom stereocenters. The molecule has 6 nitrogen and oxygen atoms in total. The first-order valence-corrected chi connectivity index (χ1v) is 13.8. The molecule has 1 N–H and O–H groups in total. The lowest BCUT2D eigenvalue weighted by Gasteiger charge is -2.29. The molecule has 0 bridgehead atoms. The van der Waals surface area contributed by atoms with Gasteiger partial charge >= 0.3 is 5.97 Å². The fourth-order valence-electron chi connectivity index (χ4n) is 5.76. The number of esters is 1. The number of methoxy groups -OCH3 is 1. The summed E-state index contributed by atoms with van der Waals surface area (Å²) < 4.78 is 17.4. The highest BCUT2D eigenvalue weighted by molar-refractivity contribution is 6.32. The average Bonchev–Trinajstić information content (AvgIpc) is 3.26. The Morgan fingerprint density at radius 3 is 2.49 bits per heavy atom. The van der Waals surface area contributed by atoms with Crippen molar-refractivity contribution in [2.75, 3.05) is 13.7 Å². The van der Waals surface area contributed by atoms with Gasteiger partial charge in [0.05, 0.1) is 30.0 Å². The van der Waals surface area contributed by atoms with E-state index in [-0.39, 0.29) is 19.0 Å². The van der Waals surface area contributed by atoms with Gasteiger partial charge in [-0.2, -0.15) is 0 Å². The Bertz CT molecular complexity index is 1780. The molecule has 7 heteroatoms. The zero-order valence-electron chi connectivity index (χ0n) is 22.9. The second kappa shape index (κ2) is 10.8. The van der Waals surface area contributed by atoms with Crippen LogP contribution in [0.25, 0.3) is 16.5 Å². The quantitative estimate of drug-likeness (QED) is 0.239. The van der Waals surface area contributed by atoms with Crippen LogP contribution in [0.4, 0.5) is 0 Å². The maximum absolute atomic E-state index is 13.8. The number of allylic oxidation sites excluding steroid dienone is 2. The number of hydrogen-bond acceptors (Lipinski definition) is 6. The molecule has 0 fully saturated rings. The van der Waals surface area contributed by atoms with E-state index in [0.29, 0.717) is 50.2 Å². The summed E-state index contributed by atoms with van der Waals surface area (Å²) >= 11 is 6.86. The van der Waals surface area contributed by atoms with E-state index in [0.717, 1.165) is 21.9 Å². The van der Waals surface area contributed by atoms with Crippen molar-refractivity contribution in [1.29, 1.82) is 0 Å². The van der Waals surface area contributed by atoms with Crippen molar-refractivity contribution in [2.24, 2.45) is 0 Å². The Balaban J connectivity index is 1.43. The van der Waals surface area contributed by atoms with Crippen LogP contribution in [0.3, 0.4) is 0 Å². The van der Waals surface area contributed by atoms with Crippen LogP contribution in [-0.2, 0) is 16.1 Å². The number of dihydropyridines is 1. The summed E-state index contributed by atoms with van der Waals surface area (Å²) in [5.74, 6) is -0.577. The molecule has 1 aliphatic carbocycles. The predicted molar refractivity (Wildman–Crippen MR) is 159 cm³/mol. The molecule has 1 aliphatic heterocycles. The molecule has 0 amide bonds. The first kappa shape index (κ1) is 26.7.